The number of nitrogens with one attached hydrogen (secondary N) is 1. The van der Waals surface area contributed by atoms with Gasteiger partial charge in [-0.15, -0.1) is 0 Å². The molecule has 16 heavy (non-hydrogen) atoms. The van der Waals surface area contributed by atoms with Crippen LogP contribution in [0.2, 0.25) is 0 Å². The van der Waals surface area contributed by atoms with Gasteiger partial charge in [-0.25, -0.2) is 4.39 Å². The van der Waals surface area contributed by atoms with Crippen molar-refractivity contribution in [1.29, 1.82) is 0 Å². The van der Waals surface area contributed by atoms with Gasteiger partial charge in [0.05, 0.1) is 10.2 Å². The number of aryl methyl sites for hydroxylation is 1. The monoisotopic (exact) mass is 300 g/mol. The largest absolute Gasteiger partial charge is 0.337 e. The zero-order valence-electron chi connectivity index (χ0n) is 8.63. The highest BCUT2D eigenvalue weighted by Crippen LogP contribution is 2.20. The number of hydrogen-bond acceptors (Lipinski definition) is 1. The van der Waals surface area contributed by atoms with Crippen LogP contribution in [-0.4, -0.2) is 9.55 Å². The first-order valence-corrected chi connectivity index (χ1v) is 6.08. The lowest BCUT2D eigenvalue weighted by molar-refractivity contribution is 0.619. The average Bonchev–Trinajstić information content (AvgIpc) is 2.64. The van der Waals surface area contributed by atoms with Crippen LogP contribution in [0.1, 0.15) is 12.6 Å². The molecule has 0 aliphatic rings. The number of aromatic amines is 1. The first kappa shape index (κ1) is 11.5. The van der Waals surface area contributed by atoms with Gasteiger partial charge in [0.2, 0.25) is 0 Å². The first-order chi connectivity index (χ1) is 7.63. The quantitative estimate of drug-likeness (QED) is 0.832. The zero-order valence-corrected chi connectivity index (χ0v) is 11.0. The third-order valence-corrected chi connectivity index (χ3v) is 3.32. The van der Waals surface area contributed by atoms with E-state index in [1.807, 2.05) is 23.8 Å². The Balaban J connectivity index is 2.62. The van der Waals surface area contributed by atoms with Crippen molar-refractivity contribution in [1.82, 2.24) is 9.55 Å². The lowest BCUT2D eigenvalue weighted by Crippen LogP contribution is -1.99. The number of imidazole rings is 1. The van der Waals surface area contributed by atoms with Gasteiger partial charge in [0.1, 0.15) is 5.82 Å². The minimum atomic E-state index is -0.289. The molecule has 0 spiro atoms. The summed E-state index contributed by atoms with van der Waals surface area (Å²) in [5.74, 6) is -0.289. The molecule has 5 heteroatoms. The number of hydrogen-bond donors (Lipinski definition) is 1. The molecule has 1 aromatic heterocycles. The van der Waals surface area contributed by atoms with E-state index < -0.39 is 0 Å². The predicted octanol–water partition coefficient (Wildman–Crippen LogP) is 4.00. The number of rotatable bonds is 2. The lowest BCUT2D eigenvalue weighted by atomic mass is 10.3. The molecular weight excluding hydrogens is 291 g/mol. The molecule has 84 valence electrons. The molecule has 0 radical (unpaired) electrons. The van der Waals surface area contributed by atoms with Gasteiger partial charge in [-0.1, -0.05) is 6.92 Å². The summed E-state index contributed by atoms with van der Waals surface area (Å²) < 4.78 is 16.3. The molecule has 0 atom stereocenters. The number of halogens is 2. The van der Waals surface area contributed by atoms with Crippen LogP contribution in [-0.2, 0) is 6.42 Å². The van der Waals surface area contributed by atoms with Gasteiger partial charge < -0.3 is 4.98 Å². The van der Waals surface area contributed by atoms with Crippen molar-refractivity contribution in [3.8, 4) is 5.69 Å². The predicted molar refractivity (Wildman–Crippen MR) is 68.0 cm³/mol. The third kappa shape index (κ3) is 1.97. The van der Waals surface area contributed by atoms with Crippen molar-refractivity contribution in [3.05, 3.63) is 45.2 Å². The van der Waals surface area contributed by atoms with Crippen molar-refractivity contribution in [2.24, 2.45) is 0 Å². The first-order valence-electron chi connectivity index (χ1n) is 4.88. The van der Waals surface area contributed by atoms with E-state index in [1.54, 1.807) is 6.07 Å². The molecule has 0 aliphatic heterocycles. The molecule has 0 fully saturated rings. The van der Waals surface area contributed by atoms with Gasteiger partial charge in [0.15, 0.2) is 4.77 Å². The highest BCUT2D eigenvalue weighted by atomic mass is 79.9. The van der Waals surface area contributed by atoms with E-state index in [2.05, 4.69) is 20.9 Å². The van der Waals surface area contributed by atoms with Crippen LogP contribution in [0.15, 0.2) is 28.9 Å². The van der Waals surface area contributed by atoms with Crippen LogP contribution in [0.5, 0.6) is 0 Å². The van der Waals surface area contributed by atoms with Crippen molar-refractivity contribution < 1.29 is 4.39 Å². The molecule has 2 aromatic rings. The van der Waals surface area contributed by atoms with Gasteiger partial charge in [-0.2, -0.15) is 0 Å². The fraction of sp³-hybridized carbons (Fsp3) is 0.182. The molecular formula is C11H10BrFN2S. The van der Waals surface area contributed by atoms with Crippen LogP contribution in [0.3, 0.4) is 0 Å². The second-order valence-corrected chi connectivity index (χ2v) is 4.61. The van der Waals surface area contributed by atoms with Crippen molar-refractivity contribution >= 4 is 28.1 Å². The molecule has 0 bridgehead atoms. The van der Waals surface area contributed by atoms with Crippen LogP contribution >= 0.6 is 28.1 Å². The summed E-state index contributed by atoms with van der Waals surface area (Å²) in [6.07, 6.45) is 2.69. The minimum Gasteiger partial charge on any atom is -0.337 e. The second-order valence-electron chi connectivity index (χ2n) is 3.37. The Morgan fingerprint density at radius 2 is 2.25 bits per heavy atom. The number of nitrogens with zero attached hydrogens (tertiary/aromatic N) is 1. The summed E-state index contributed by atoms with van der Waals surface area (Å²) in [6, 6.07) is 4.97. The fourth-order valence-corrected chi connectivity index (χ4v) is 2.10. The normalized spacial score (nSPS) is 10.7. The number of aromatic nitrogens is 2. The number of H-pyrrole nitrogens is 1. The Kier molecular flexibility index (Phi) is 3.25. The van der Waals surface area contributed by atoms with Gasteiger partial charge in [0, 0.05) is 11.9 Å². The average molecular weight is 301 g/mol. The maximum absolute atomic E-state index is 13.4. The fourth-order valence-electron chi connectivity index (χ4n) is 1.57. The van der Waals surface area contributed by atoms with Crippen LogP contribution in [0.25, 0.3) is 5.69 Å². The van der Waals surface area contributed by atoms with Crippen LogP contribution in [0, 0.1) is 10.6 Å². The van der Waals surface area contributed by atoms with Crippen LogP contribution < -0.4 is 0 Å². The molecule has 2 rings (SSSR count). The summed E-state index contributed by atoms with van der Waals surface area (Å²) in [5.41, 5.74) is 1.77. The number of benzene rings is 1. The van der Waals surface area contributed by atoms with Crippen molar-refractivity contribution in [2.45, 2.75) is 13.3 Å². The molecule has 1 aromatic carbocycles. The van der Waals surface area contributed by atoms with Gasteiger partial charge in [0.25, 0.3) is 0 Å². The summed E-state index contributed by atoms with van der Waals surface area (Å²) >= 11 is 8.30. The lowest BCUT2D eigenvalue weighted by Gasteiger charge is -2.07. The summed E-state index contributed by atoms with van der Waals surface area (Å²) in [5, 5.41) is 0. The Hall–Kier alpha value is -0.940. The van der Waals surface area contributed by atoms with Crippen molar-refractivity contribution in [3.63, 3.8) is 0 Å². The molecule has 1 N–H and O–H groups in total. The minimum absolute atomic E-state index is 0.289. The Morgan fingerprint density at radius 3 is 2.88 bits per heavy atom. The smallest absolute Gasteiger partial charge is 0.182 e. The second kappa shape index (κ2) is 4.51. The topological polar surface area (TPSA) is 20.7 Å². The summed E-state index contributed by atoms with van der Waals surface area (Å²) in [7, 11) is 0. The molecule has 1 heterocycles. The van der Waals surface area contributed by atoms with E-state index in [-0.39, 0.29) is 5.82 Å². The van der Waals surface area contributed by atoms with E-state index >= 15 is 0 Å². The zero-order chi connectivity index (χ0) is 11.7. The molecule has 0 saturated carbocycles. The highest BCUT2D eigenvalue weighted by molar-refractivity contribution is 9.10. The van der Waals surface area contributed by atoms with Crippen molar-refractivity contribution in [2.75, 3.05) is 0 Å². The summed E-state index contributed by atoms with van der Waals surface area (Å²) in [6.45, 7) is 2.03. The van der Waals surface area contributed by atoms with Gasteiger partial charge in [-0.05, 0) is 52.8 Å². The molecule has 0 saturated heterocycles. The maximum Gasteiger partial charge on any atom is 0.182 e. The highest BCUT2D eigenvalue weighted by Gasteiger charge is 2.07. The SMILES string of the molecule is CCc1c[nH]c(=S)n1-c1ccc(Br)c(F)c1. The molecule has 0 amide bonds. The molecule has 0 unspecified atom stereocenters. The standard InChI is InChI=1S/C11H10BrFN2S/c1-2-7-6-14-11(16)15(7)8-3-4-9(12)10(13)5-8/h3-6H,2H2,1H3,(H,14,16). The van der Waals surface area contributed by atoms with Gasteiger partial charge >= 0.3 is 0 Å². The maximum atomic E-state index is 13.4. The Morgan fingerprint density at radius 1 is 1.50 bits per heavy atom. The van der Waals surface area contributed by atoms with E-state index in [4.69, 9.17) is 12.2 Å². The molecule has 2 nitrogen and oxygen atoms in total. The van der Waals surface area contributed by atoms with E-state index in [0.29, 0.717) is 9.24 Å². The third-order valence-electron chi connectivity index (χ3n) is 2.38. The van der Waals surface area contributed by atoms with E-state index in [9.17, 15) is 4.39 Å². The van der Waals surface area contributed by atoms with E-state index in [1.165, 1.54) is 6.07 Å². The van der Waals surface area contributed by atoms with E-state index in [0.717, 1.165) is 17.8 Å². The summed E-state index contributed by atoms with van der Waals surface area (Å²) in [4.78, 5) is 2.96. The van der Waals surface area contributed by atoms with Gasteiger partial charge in [-0.3, -0.25) is 4.57 Å². The Bertz CT molecular complexity index is 574. The van der Waals surface area contributed by atoms with Crippen LogP contribution in [0.4, 0.5) is 4.39 Å². The molecule has 0 aliphatic carbocycles. The Labute approximate surface area is 106 Å².